The maximum absolute atomic E-state index is 12.9. The zero-order chi connectivity index (χ0) is 21.7. The van der Waals surface area contributed by atoms with Gasteiger partial charge in [-0.2, -0.15) is 0 Å². The Kier molecular flexibility index (Phi) is 6.99. The summed E-state index contributed by atoms with van der Waals surface area (Å²) in [6, 6.07) is 11.2. The molecule has 0 unspecified atom stereocenters. The van der Waals surface area contributed by atoms with Gasteiger partial charge in [-0.15, -0.1) is 0 Å². The Bertz CT molecular complexity index is 966. The molecule has 0 bridgehead atoms. The molecule has 2 aromatic carbocycles. The van der Waals surface area contributed by atoms with Crippen LogP contribution in [0.2, 0.25) is 0 Å². The van der Waals surface area contributed by atoms with Crippen LogP contribution in [0.15, 0.2) is 59.7 Å². The van der Waals surface area contributed by atoms with Crippen LogP contribution < -0.4 is 9.47 Å². The number of allylic oxidation sites excluding steroid dienone is 4. The monoisotopic (exact) mass is 406 g/mol. The third-order valence-electron chi connectivity index (χ3n) is 5.37. The first kappa shape index (κ1) is 21.7. The summed E-state index contributed by atoms with van der Waals surface area (Å²) in [5.41, 5.74) is 4.57. The van der Waals surface area contributed by atoms with Gasteiger partial charge in [0.15, 0.2) is 5.78 Å². The van der Waals surface area contributed by atoms with Crippen molar-refractivity contribution in [1.82, 2.24) is 0 Å². The standard InChI is InChI=1S/C26H30O4/c1-17(2)9-8-10-18(3)13-14-20-24(29-4)16-22(28)25-21(27)15-23(30-26(20)25)19-11-6-5-7-12-19/h5-7,9,11-13,16,23,28H,8,10,14-15H2,1-4H3/t23-/m1/s1. The summed E-state index contributed by atoms with van der Waals surface area (Å²) in [4.78, 5) is 12.9. The molecule has 158 valence electrons. The molecule has 0 spiro atoms. The number of carbonyl (C=O) groups is 1. The van der Waals surface area contributed by atoms with Crippen LogP contribution in [0.4, 0.5) is 0 Å². The molecule has 3 rings (SSSR count). The molecule has 4 heteroatoms. The van der Waals surface area contributed by atoms with Crippen molar-refractivity contribution in [1.29, 1.82) is 0 Å². The molecule has 1 heterocycles. The molecule has 1 aliphatic heterocycles. The highest BCUT2D eigenvalue weighted by molar-refractivity contribution is 6.03. The van der Waals surface area contributed by atoms with Crippen molar-refractivity contribution >= 4 is 5.78 Å². The van der Waals surface area contributed by atoms with E-state index in [0.717, 1.165) is 24.0 Å². The van der Waals surface area contributed by atoms with E-state index in [9.17, 15) is 9.90 Å². The Morgan fingerprint density at radius 2 is 1.93 bits per heavy atom. The highest BCUT2D eigenvalue weighted by atomic mass is 16.5. The molecule has 4 nitrogen and oxygen atoms in total. The number of ketones is 1. The Morgan fingerprint density at radius 1 is 1.20 bits per heavy atom. The number of phenols is 1. The largest absolute Gasteiger partial charge is 0.507 e. The molecule has 0 saturated carbocycles. The van der Waals surface area contributed by atoms with Gasteiger partial charge < -0.3 is 14.6 Å². The van der Waals surface area contributed by atoms with E-state index in [1.165, 1.54) is 17.2 Å². The van der Waals surface area contributed by atoms with E-state index in [0.29, 0.717) is 17.9 Å². The summed E-state index contributed by atoms with van der Waals surface area (Å²) < 4.78 is 11.8. The Morgan fingerprint density at radius 3 is 2.60 bits per heavy atom. The van der Waals surface area contributed by atoms with Crippen molar-refractivity contribution in [3.05, 3.63) is 76.4 Å². The molecule has 0 fully saturated rings. The molecule has 0 saturated heterocycles. The smallest absolute Gasteiger partial charge is 0.174 e. The average Bonchev–Trinajstić information content (AvgIpc) is 2.72. The summed E-state index contributed by atoms with van der Waals surface area (Å²) >= 11 is 0. The van der Waals surface area contributed by atoms with Gasteiger partial charge in [-0.25, -0.2) is 0 Å². The van der Waals surface area contributed by atoms with Crippen molar-refractivity contribution < 1.29 is 19.4 Å². The maximum Gasteiger partial charge on any atom is 0.174 e. The number of Topliss-reactive ketones (excluding diaryl/α,β-unsaturated/α-hetero) is 1. The summed E-state index contributed by atoms with van der Waals surface area (Å²) in [7, 11) is 1.56. The summed E-state index contributed by atoms with van der Waals surface area (Å²) in [6.45, 7) is 6.31. The predicted octanol–water partition coefficient (Wildman–Crippen LogP) is 6.34. The summed E-state index contributed by atoms with van der Waals surface area (Å²) in [6.07, 6.45) is 6.75. The zero-order valence-electron chi connectivity index (χ0n) is 18.2. The van der Waals surface area contributed by atoms with Gasteiger partial charge in [0.2, 0.25) is 0 Å². The van der Waals surface area contributed by atoms with E-state index in [-0.39, 0.29) is 29.6 Å². The van der Waals surface area contributed by atoms with Gasteiger partial charge in [-0.05, 0) is 45.6 Å². The number of rotatable bonds is 7. The molecule has 1 atom stereocenters. The molecule has 0 aliphatic carbocycles. The second-order valence-electron chi connectivity index (χ2n) is 8.00. The lowest BCUT2D eigenvalue weighted by molar-refractivity contribution is 0.0842. The van der Waals surface area contributed by atoms with Crippen LogP contribution in [0.25, 0.3) is 0 Å². The van der Waals surface area contributed by atoms with E-state index in [2.05, 4.69) is 32.9 Å². The van der Waals surface area contributed by atoms with E-state index in [1.807, 2.05) is 30.3 Å². The lowest BCUT2D eigenvalue weighted by atomic mass is 9.92. The molecule has 30 heavy (non-hydrogen) atoms. The Labute approximate surface area is 178 Å². The van der Waals surface area contributed by atoms with Gasteiger partial charge in [0, 0.05) is 11.6 Å². The highest BCUT2D eigenvalue weighted by Crippen LogP contribution is 2.45. The van der Waals surface area contributed by atoms with Crippen molar-refractivity contribution in [2.45, 2.75) is 52.6 Å². The van der Waals surface area contributed by atoms with Crippen LogP contribution >= 0.6 is 0 Å². The number of fused-ring (bicyclic) bond motifs is 1. The van der Waals surface area contributed by atoms with E-state index >= 15 is 0 Å². The molecular formula is C26H30O4. The number of aromatic hydroxyl groups is 1. The minimum Gasteiger partial charge on any atom is -0.507 e. The summed E-state index contributed by atoms with van der Waals surface area (Å²) in [5.74, 6) is 0.758. The molecule has 0 amide bonds. The van der Waals surface area contributed by atoms with Gasteiger partial charge >= 0.3 is 0 Å². The highest BCUT2D eigenvalue weighted by Gasteiger charge is 2.33. The predicted molar refractivity (Wildman–Crippen MR) is 120 cm³/mol. The van der Waals surface area contributed by atoms with Crippen molar-refractivity contribution in [3.63, 3.8) is 0 Å². The quantitative estimate of drug-likeness (QED) is 0.545. The maximum atomic E-state index is 12.9. The van der Waals surface area contributed by atoms with Gasteiger partial charge in [0.1, 0.15) is 28.9 Å². The molecular weight excluding hydrogens is 376 g/mol. The number of carbonyl (C=O) groups excluding carboxylic acids is 1. The van der Waals surface area contributed by atoms with Crippen molar-refractivity contribution in [3.8, 4) is 17.2 Å². The fraction of sp³-hybridized carbons (Fsp3) is 0.346. The first-order valence-corrected chi connectivity index (χ1v) is 10.4. The number of hydrogen-bond acceptors (Lipinski definition) is 4. The number of hydrogen-bond donors (Lipinski definition) is 1. The first-order valence-electron chi connectivity index (χ1n) is 10.4. The van der Waals surface area contributed by atoms with Crippen LogP contribution in [0, 0.1) is 0 Å². The Balaban J connectivity index is 1.95. The van der Waals surface area contributed by atoms with Crippen molar-refractivity contribution in [2.75, 3.05) is 7.11 Å². The number of ether oxygens (including phenoxy) is 2. The third-order valence-corrected chi connectivity index (χ3v) is 5.37. The van der Waals surface area contributed by atoms with Crippen molar-refractivity contribution in [2.24, 2.45) is 0 Å². The molecule has 2 aromatic rings. The SMILES string of the molecule is COc1cc(O)c2c(c1CC=C(C)CCC=C(C)C)O[C@@H](c1ccccc1)CC2=O. The second-order valence-corrected chi connectivity index (χ2v) is 8.00. The number of methoxy groups -OCH3 is 1. The van der Waals surface area contributed by atoms with Crippen LogP contribution in [0.1, 0.15) is 67.6 Å². The topological polar surface area (TPSA) is 55.8 Å². The second kappa shape index (κ2) is 9.66. The van der Waals surface area contributed by atoms with Crippen LogP contribution in [-0.2, 0) is 6.42 Å². The lowest BCUT2D eigenvalue weighted by Gasteiger charge is -2.28. The van der Waals surface area contributed by atoms with Crippen LogP contribution in [0.3, 0.4) is 0 Å². The third kappa shape index (κ3) is 4.93. The van der Waals surface area contributed by atoms with Gasteiger partial charge in [-0.1, -0.05) is 53.6 Å². The van der Waals surface area contributed by atoms with E-state index < -0.39 is 0 Å². The van der Waals surface area contributed by atoms with Crippen LogP contribution in [-0.4, -0.2) is 18.0 Å². The molecule has 1 aliphatic rings. The minimum atomic E-state index is -0.376. The van der Waals surface area contributed by atoms with Gasteiger partial charge in [-0.3, -0.25) is 4.79 Å². The van der Waals surface area contributed by atoms with Gasteiger partial charge in [0.25, 0.3) is 0 Å². The number of phenolic OH excluding ortho intramolecular Hbond substituents is 1. The van der Waals surface area contributed by atoms with Crippen LogP contribution in [0.5, 0.6) is 17.2 Å². The first-order chi connectivity index (χ1) is 14.4. The number of benzene rings is 2. The lowest BCUT2D eigenvalue weighted by Crippen LogP contribution is -2.22. The zero-order valence-corrected chi connectivity index (χ0v) is 18.2. The minimum absolute atomic E-state index is 0.0913. The summed E-state index contributed by atoms with van der Waals surface area (Å²) in [5, 5.41) is 10.5. The fourth-order valence-corrected chi connectivity index (χ4v) is 3.71. The van der Waals surface area contributed by atoms with E-state index in [1.54, 1.807) is 7.11 Å². The molecule has 0 radical (unpaired) electrons. The van der Waals surface area contributed by atoms with E-state index in [4.69, 9.17) is 9.47 Å². The normalized spacial score (nSPS) is 15.9. The Hall–Kier alpha value is -3.01. The molecule has 1 N–H and O–H groups in total. The fourth-order valence-electron chi connectivity index (χ4n) is 3.71. The van der Waals surface area contributed by atoms with Gasteiger partial charge in [0.05, 0.1) is 13.5 Å². The average molecular weight is 407 g/mol. The molecule has 0 aromatic heterocycles.